The number of halogens is 2. The van der Waals surface area contributed by atoms with Gasteiger partial charge in [-0.05, 0) is 40.5 Å². The van der Waals surface area contributed by atoms with Crippen LogP contribution in [-0.2, 0) is 4.79 Å². The summed E-state index contributed by atoms with van der Waals surface area (Å²) < 4.78 is 2.48. The molecule has 0 aliphatic rings. The summed E-state index contributed by atoms with van der Waals surface area (Å²) in [5.41, 5.74) is 1.38. The van der Waals surface area contributed by atoms with Crippen LogP contribution in [0.2, 0.25) is 5.02 Å². The minimum Gasteiger partial charge on any atom is -0.481 e. The van der Waals surface area contributed by atoms with Crippen molar-refractivity contribution < 1.29 is 9.90 Å². The van der Waals surface area contributed by atoms with Gasteiger partial charge < -0.3 is 5.11 Å². The lowest BCUT2D eigenvalue weighted by Crippen LogP contribution is -2.07. The van der Waals surface area contributed by atoms with Crippen molar-refractivity contribution in [2.24, 2.45) is 0 Å². The maximum absolute atomic E-state index is 10.9. The first-order valence-corrected chi connectivity index (χ1v) is 6.39. The van der Waals surface area contributed by atoms with E-state index in [2.05, 4.69) is 21.0 Å². The highest BCUT2D eigenvalue weighted by molar-refractivity contribution is 9.10. The number of carboxylic acid groups (broad SMARTS) is 1. The molecule has 18 heavy (non-hydrogen) atoms. The van der Waals surface area contributed by atoms with Crippen LogP contribution in [0.4, 0.5) is 0 Å². The van der Waals surface area contributed by atoms with Crippen LogP contribution in [0.1, 0.15) is 18.4 Å². The zero-order chi connectivity index (χ0) is 13.3. The Kier molecular flexibility index (Phi) is 3.73. The van der Waals surface area contributed by atoms with E-state index >= 15 is 0 Å². The van der Waals surface area contributed by atoms with Crippen molar-refractivity contribution in [1.82, 2.24) is 9.78 Å². The summed E-state index contributed by atoms with van der Waals surface area (Å²) in [6, 6.07) is 5.16. The Morgan fingerprint density at radius 1 is 1.56 bits per heavy atom. The van der Waals surface area contributed by atoms with E-state index in [-0.39, 0.29) is 0 Å². The molecule has 1 heterocycles. The number of rotatable bonds is 3. The van der Waals surface area contributed by atoms with Crippen LogP contribution in [0.3, 0.4) is 0 Å². The molecular weight excluding hydrogens is 320 g/mol. The summed E-state index contributed by atoms with van der Waals surface area (Å²) in [4.78, 5) is 10.9. The normalized spacial score (nSPS) is 12.4. The van der Waals surface area contributed by atoms with Gasteiger partial charge in [0, 0.05) is 6.20 Å². The highest BCUT2D eigenvalue weighted by Gasteiger charge is 2.15. The molecule has 6 heteroatoms. The molecule has 0 aliphatic carbocycles. The molecule has 1 aromatic heterocycles. The van der Waals surface area contributed by atoms with Gasteiger partial charge in [0.15, 0.2) is 0 Å². The Hall–Kier alpha value is -1.33. The zero-order valence-corrected chi connectivity index (χ0v) is 11.8. The van der Waals surface area contributed by atoms with Crippen LogP contribution in [-0.4, -0.2) is 20.9 Å². The van der Waals surface area contributed by atoms with Crippen molar-refractivity contribution in [2.45, 2.75) is 12.8 Å². The van der Waals surface area contributed by atoms with Gasteiger partial charge >= 0.3 is 5.97 Å². The van der Waals surface area contributed by atoms with Gasteiger partial charge in [-0.3, -0.25) is 4.79 Å². The molecule has 0 bridgehead atoms. The fourth-order valence-electron chi connectivity index (χ4n) is 1.55. The van der Waals surface area contributed by atoms with E-state index in [1.54, 1.807) is 42.2 Å². The third kappa shape index (κ3) is 2.57. The second kappa shape index (κ2) is 5.12. The van der Waals surface area contributed by atoms with Gasteiger partial charge in [0.25, 0.3) is 0 Å². The number of nitrogens with zero attached hydrogens (tertiary/aromatic N) is 2. The predicted molar refractivity (Wildman–Crippen MR) is 72.3 cm³/mol. The van der Waals surface area contributed by atoms with Gasteiger partial charge in [-0.2, -0.15) is 5.10 Å². The quantitative estimate of drug-likeness (QED) is 0.938. The molecule has 1 unspecified atom stereocenters. The van der Waals surface area contributed by atoms with Gasteiger partial charge in [0.2, 0.25) is 0 Å². The zero-order valence-electron chi connectivity index (χ0n) is 9.47. The Labute approximate surface area is 117 Å². The van der Waals surface area contributed by atoms with Crippen molar-refractivity contribution >= 4 is 33.5 Å². The summed E-state index contributed by atoms with van der Waals surface area (Å²) in [7, 11) is 0. The summed E-state index contributed by atoms with van der Waals surface area (Å²) in [5, 5.41) is 13.5. The van der Waals surface area contributed by atoms with Crippen LogP contribution in [0.5, 0.6) is 0 Å². The summed E-state index contributed by atoms with van der Waals surface area (Å²) in [6.07, 6.45) is 3.44. The summed E-state index contributed by atoms with van der Waals surface area (Å²) >= 11 is 9.46. The fourth-order valence-corrected chi connectivity index (χ4v) is 2.11. The molecule has 1 N–H and O–H groups in total. The van der Waals surface area contributed by atoms with Gasteiger partial charge in [-0.1, -0.05) is 17.7 Å². The number of carboxylic acids is 1. The first-order valence-electron chi connectivity index (χ1n) is 5.22. The minimum absolute atomic E-state index is 0.469. The number of aromatic nitrogens is 2. The molecule has 0 radical (unpaired) electrons. The van der Waals surface area contributed by atoms with E-state index in [1.807, 2.05) is 0 Å². The van der Waals surface area contributed by atoms with Crippen LogP contribution in [0.15, 0.2) is 35.1 Å². The van der Waals surface area contributed by atoms with E-state index < -0.39 is 11.9 Å². The van der Waals surface area contributed by atoms with Crippen LogP contribution < -0.4 is 0 Å². The van der Waals surface area contributed by atoms with Crippen molar-refractivity contribution in [3.05, 3.63) is 45.7 Å². The number of carbonyl (C=O) groups is 1. The molecule has 0 fully saturated rings. The van der Waals surface area contributed by atoms with E-state index in [0.29, 0.717) is 16.3 Å². The second-order valence-corrected chi connectivity index (χ2v) is 5.20. The lowest BCUT2D eigenvalue weighted by Gasteiger charge is -2.10. The van der Waals surface area contributed by atoms with Crippen LogP contribution in [0.25, 0.3) is 5.69 Å². The van der Waals surface area contributed by atoms with Crippen molar-refractivity contribution in [2.75, 3.05) is 0 Å². The first kappa shape index (κ1) is 13.1. The Morgan fingerprint density at radius 2 is 2.28 bits per heavy atom. The fraction of sp³-hybridized carbons (Fsp3) is 0.167. The molecule has 0 aliphatic heterocycles. The van der Waals surface area contributed by atoms with Gasteiger partial charge in [-0.25, -0.2) is 4.68 Å². The lowest BCUT2D eigenvalue weighted by molar-refractivity contribution is -0.138. The monoisotopic (exact) mass is 328 g/mol. The molecule has 1 aromatic carbocycles. The topological polar surface area (TPSA) is 55.1 Å². The number of aliphatic carboxylic acids is 1. The molecule has 4 nitrogen and oxygen atoms in total. The number of benzene rings is 1. The first-order chi connectivity index (χ1) is 8.49. The second-order valence-electron chi connectivity index (χ2n) is 3.87. The molecule has 94 valence electrons. The van der Waals surface area contributed by atoms with Crippen molar-refractivity contribution in [3.8, 4) is 5.69 Å². The number of hydrogen-bond acceptors (Lipinski definition) is 2. The lowest BCUT2D eigenvalue weighted by atomic mass is 10.0. The maximum atomic E-state index is 10.9. The van der Waals surface area contributed by atoms with Crippen LogP contribution in [0, 0.1) is 0 Å². The highest BCUT2D eigenvalue weighted by atomic mass is 79.9. The average molecular weight is 330 g/mol. The third-order valence-electron chi connectivity index (χ3n) is 2.64. The van der Waals surface area contributed by atoms with Crippen molar-refractivity contribution in [1.29, 1.82) is 0 Å². The third-order valence-corrected chi connectivity index (χ3v) is 3.35. The van der Waals surface area contributed by atoms with E-state index in [9.17, 15) is 4.79 Å². The molecule has 0 saturated carbocycles. The smallest absolute Gasteiger partial charge is 0.310 e. The highest BCUT2D eigenvalue weighted by Crippen LogP contribution is 2.26. The average Bonchev–Trinajstić information content (AvgIpc) is 2.74. The van der Waals surface area contributed by atoms with Crippen LogP contribution >= 0.6 is 27.5 Å². The molecule has 2 aromatic rings. The standard InChI is InChI=1S/C12H10BrClN2O2/c1-7(12(17)18)8-2-3-11(10(14)4-8)16-6-9(13)5-15-16/h2-7H,1H3,(H,17,18). The Bertz CT molecular complexity index is 598. The van der Waals surface area contributed by atoms with E-state index in [4.69, 9.17) is 16.7 Å². The van der Waals surface area contributed by atoms with Gasteiger partial charge in [0.05, 0.1) is 27.3 Å². The molecule has 1 atom stereocenters. The Balaban J connectivity index is 2.39. The predicted octanol–water partition coefficient (Wildman–Crippen LogP) is 3.48. The SMILES string of the molecule is CC(C(=O)O)c1ccc(-n2cc(Br)cn2)c(Cl)c1. The summed E-state index contributed by atoms with van der Waals surface area (Å²) in [5.74, 6) is -1.46. The Morgan fingerprint density at radius 3 is 2.78 bits per heavy atom. The van der Waals surface area contributed by atoms with Crippen molar-refractivity contribution in [3.63, 3.8) is 0 Å². The largest absolute Gasteiger partial charge is 0.481 e. The molecule has 2 rings (SSSR count). The van der Waals surface area contributed by atoms with E-state index in [0.717, 1.165) is 4.47 Å². The summed E-state index contributed by atoms with van der Waals surface area (Å²) in [6.45, 7) is 1.62. The molecule has 0 saturated heterocycles. The number of hydrogen-bond donors (Lipinski definition) is 1. The molecule has 0 spiro atoms. The molecular formula is C12H10BrClN2O2. The van der Waals surface area contributed by atoms with Gasteiger partial charge in [-0.15, -0.1) is 0 Å². The molecule has 0 amide bonds. The minimum atomic E-state index is -0.874. The maximum Gasteiger partial charge on any atom is 0.310 e. The van der Waals surface area contributed by atoms with Gasteiger partial charge in [0.1, 0.15) is 0 Å². The van der Waals surface area contributed by atoms with E-state index in [1.165, 1.54) is 0 Å².